The smallest absolute Gasteiger partial charge is 0.118 e. The van der Waals surface area contributed by atoms with Crippen molar-refractivity contribution in [1.29, 1.82) is 0 Å². The number of nitrogens with two attached hydrogens (primary N) is 1. The highest BCUT2D eigenvalue weighted by molar-refractivity contribution is 5.20. The van der Waals surface area contributed by atoms with Gasteiger partial charge in [-0.05, 0) is 19.9 Å². The molecule has 0 amide bonds. The molecule has 2 N–H and O–H groups in total. The maximum absolute atomic E-state index is 5.68. The monoisotopic (exact) mass is 224 g/mol. The van der Waals surface area contributed by atoms with Crippen LogP contribution in [0.1, 0.15) is 24.0 Å². The van der Waals surface area contributed by atoms with E-state index in [1.165, 1.54) is 0 Å². The summed E-state index contributed by atoms with van der Waals surface area (Å²) in [5, 5.41) is 0. The van der Waals surface area contributed by atoms with Crippen molar-refractivity contribution in [2.24, 2.45) is 5.73 Å². The van der Waals surface area contributed by atoms with E-state index >= 15 is 0 Å². The molecule has 1 aromatic heterocycles. The highest BCUT2D eigenvalue weighted by Gasteiger charge is 2.18. The van der Waals surface area contributed by atoms with Gasteiger partial charge in [0.2, 0.25) is 0 Å². The lowest BCUT2D eigenvalue weighted by atomic mass is 10.2. The van der Waals surface area contributed by atoms with Crippen LogP contribution in [0.2, 0.25) is 0 Å². The molecular formula is C12H20N2O2. The van der Waals surface area contributed by atoms with Crippen LogP contribution in [0.3, 0.4) is 0 Å². The first-order chi connectivity index (χ1) is 7.69. The third-order valence-electron chi connectivity index (χ3n) is 3.00. The predicted molar refractivity (Wildman–Crippen MR) is 62.0 cm³/mol. The van der Waals surface area contributed by atoms with Crippen molar-refractivity contribution in [3.8, 4) is 0 Å². The zero-order chi connectivity index (χ0) is 11.5. The Morgan fingerprint density at radius 3 is 3.00 bits per heavy atom. The van der Waals surface area contributed by atoms with Gasteiger partial charge in [-0.1, -0.05) is 0 Å². The second kappa shape index (κ2) is 4.99. The maximum Gasteiger partial charge on any atom is 0.118 e. The minimum Gasteiger partial charge on any atom is -0.465 e. The van der Waals surface area contributed by atoms with Crippen molar-refractivity contribution >= 4 is 0 Å². The lowest BCUT2D eigenvalue weighted by Gasteiger charge is -2.30. The van der Waals surface area contributed by atoms with Gasteiger partial charge >= 0.3 is 0 Å². The van der Waals surface area contributed by atoms with Gasteiger partial charge in [-0.25, -0.2) is 0 Å². The van der Waals surface area contributed by atoms with Crippen molar-refractivity contribution in [3.63, 3.8) is 0 Å². The molecule has 0 aliphatic carbocycles. The van der Waals surface area contributed by atoms with E-state index < -0.39 is 0 Å². The first kappa shape index (κ1) is 11.6. The van der Waals surface area contributed by atoms with E-state index in [0.29, 0.717) is 12.6 Å². The molecule has 0 spiro atoms. The Labute approximate surface area is 96.4 Å². The molecule has 1 aliphatic heterocycles. The van der Waals surface area contributed by atoms with E-state index in [4.69, 9.17) is 14.9 Å². The SMILES string of the molecule is Cc1oc(CN2CCOC(C)C2)cc1CN. The largest absolute Gasteiger partial charge is 0.465 e. The van der Waals surface area contributed by atoms with Crippen LogP contribution in [-0.4, -0.2) is 30.7 Å². The summed E-state index contributed by atoms with van der Waals surface area (Å²) in [5.41, 5.74) is 6.73. The fraction of sp³-hybridized carbons (Fsp3) is 0.667. The van der Waals surface area contributed by atoms with Gasteiger partial charge < -0.3 is 14.9 Å². The van der Waals surface area contributed by atoms with Crippen LogP contribution in [0.25, 0.3) is 0 Å². The van der Waals surface area contributed by atoms with Gasteiger partial charge in [0.1, 0.15) is 11.5 Å². The van der Waals surface area contributed by atoms with E-state index in [0.717, 1.165) is 43.3 Å². The maximum atomic E-state index is 5.68. The number of morpholine rings is 1. The van der Waals surface area contributed by atoms with Crippen molar-refractivity contribution in [2.75, 3.05) is 19.7 Å². The normalized spacial score (nSPS) is 22.6. The average molecular weight is 224 g/mol. The Bertz CT molecular complexity index is 349. The summed E-state index contributed by atoms with van der Waals surface area (Å²) in [5.74, 6) is 1.95. The molecule has 4 nitrogen and oxygen atoms in total. The molecule has 1 fully saturated rings. The molecule has 16 heavy (non-hydrogen) atoms. The van der Waals surface area contributed by atoms with Gasteiger partial charge in [0, 0.05) is 25.2 Å². The number of hydrogen-bond donors (Lipinski definition) is 1. The molecule has 1 aliphatic rings. The molecule has 1 atom stereocenters. The molecule has 90 valence electrons. The summed E-state index contributed by atoms with van der Waals surface area (Å²) >= 11 is 0. The third kappa shape index (κ3) is 2.64. The van der Waals surface area contributed by atoms with E-state index in [1.807, 2.05) is 6.92 Å². The zero-order valence-corrected chi connectivity index (χ0v) is 10.0. The fourth-order valence-corrected chi connectivity index (χ4v) is 2.12. The van der Waals surface area contributed by atoms with E-state index in [1.54, 1.807) is 0 Å². The summed E-state index contributed by atoms with van der Waals surface area (Å²) in [4.78, 5) is 2.35. The van der Waals surface area contributed by atoms with Crippen molar-refractivity contribution < 1.29 is 9.15 Å². The van der Waals surface area contributed by atoms with E-state index in [9.17, 15) is 0 Å². The van der Waals surface area contributed by atoms with Crippen LogP contribution >= 0.6 is 0 Å². The summed E-state index contributed by atoms with van der Waals surface area (Å²) < 4.78 is 11.2. The Hall–Kier alpha value is -0.840. The number of hydrogen-bond acceptors (Lipinski definition) is 4. The quantitative estimate of drug-likeness (QED) is 0.840. The summed E-state index contributed by atoms with van der Waals surface area (Å²) in [6.45, 7) is 8.23. The van der Waals surface area contributed by atoms with Crippen molar-refractivity contribution in [1.82, 2.24) is 4.90 Å². The Balaban J connectivity index is 1.97. The van der Waals surface area contributed by atoms with Crippen molar-refractivity contribution in [2.45, 2.75) is 33.0 Å². The number of rotatable bonds is 3. The highest BCUT2D eigenvalue weighted by atomic mass is 16.5. The van der Waals surface area contributed by atoms with Crippen LogP contribution in [0.4, 0.5) is 0 Å². The minimum atomic E-state index is 0.318. The van der Waals surface area contributed by atoms with Gasteiger partial charge in [-0.15, -0.1) is 0 Å². The molecule has 2 heterocycles. The molecule has 1 aromatic rings. The third-order valence-corrected chi connectivity index (χ3v) is 3.00. The topological polar surface area (TPSA) is 51.6 Å². The first-order valence-electron chi connectivity index (χ1n) is 5.81. The van der Waals surface area contributed by atoms with Gasteiger partial charge in [0.25, 0.3) is 0 Å². The molecular weight excluding hydrogens is 204 g/mol. The molecule has 1 saturated heterocycles. The zero-order valence-electron chi connectivity index (χ0n) is 10.0. The number of nitrogens with zero attached hydrogens (tertiary/aromatic N) is 1. The number of furan rings is 1. The number of ether oxygens (including phenoxy) is 1. The molecule has 1 unspecified atom stereocenters. The second-order valence-electron chi connectivity index (χ2n) is 4.41. The molecule has 4 heteroatoms. The van der Waals surface area contributed by atoms with E-state index in [-0.39, 0.29) is 0 Å². The second-order valence-corrected chi connectivity index (χ2v) is 4.41. The Morgan fingerprint density at radius 1 is 1.56 bits per heavy atom. The van der Waals surface area contributed by atoms with Gasteiger partial charge in [0.05, 0.1) is 19.3 Å². The summed E-state index contributed by atoms with van der Waals surface area (Å²) in [6, 6.07) is 2.06. The predicted octanol–water partition coefficient (Wildman–Crippen LogP) is 1.27. The standard InChI is InChI=1S/C12H20N2O2/c1-9-7-14(3-4-15-9)8-12-5-11(6-13)10(2)16-12/h5,9H,3-4,6-8,13H2,1-2H3. The number of aryl methyl sites for hydroxylation is 1. The summed E-state index contributed by atoms with van der Waals surface area (Å²) in [6.07, 6.45) is 0.318. The Kier molecular flexibility index (Phi) is 3.63. The van der Waals surface area contributed by atoms with E-state index in [2.05, 4.69) is 17.9 Å². The lowest BCUT2D eigenvalue weighted by Crippen LogP contribution is -2.40. The molecule has 0 saturated carbocycles. The highest BCUT2D eigenvalue weighted by Crippen LogP contribution is 2.17. The minimum absolute atomic E-state index is 0.318. The van der Waals surface area contributed by atoms with Gasteiger partial charge in [-0.2, -0.15) is 0 Å². The van der Waals surface area contributed by atoms with Gasteiger partial charge in [-0.3, -0.25) is 4.90 Å². The van der Waals surface area contributed by atoms with Crippen molar-refractivity contribution in [3.05, 3.63) is 23.2 Å². The average Bonchev–Trinajstić information content (AvgIpc) is 2.58. The molecule has 0 radical (unpaired) electrons. The lowest BCUT2D eigenvalue weighted by molar-refractivity contribution is -0.0231. The first-order valence-corrected chi connectivity index (χ1v) is 5.81. The molecule has 2 rings (SSSR count). The van der Waals surface area contributed by atoms with Crippen LogP contribution in [-0.2, 0) is 17.8 Å². The van der Waals surface area contributed by atoms with Crippen LogP contribution in [0.15, 0.2) is 10.5 Å². The Morgan fingerprint density at radius 2 is 2.38 bits per heavy atom. The fourth-order valence-electron chi connectivity index (χ4n) is 2.12. The molecule has 0 aromatic carbocycles. The van der Waals surface area contributed by atoms with Gasteiger partial charge in [0.15, 0.2) is 0 Å². The summed E-state index contributed by atoms with van der Waals surface area (Å²) in [7, 11) is 0. The molecule has 0 bridgehead atoms. The van der Waals surface area contributed by atoms with Crippen LogP contribution in [0.5, 0.6) is 0 Å². The van der Waals surface area contributed by atoms with Crippen LogP contribution < -0.4 is 5.73 Å². The van der Waals surface area contributed by atoms with Crippen LogP contribution in [0, 0.1) is 6.92 Å².